The summed E-state index contributed by atoms with van der Waals surface area (Å²) in [5.41, 5.74) is 1.13. The van der Waals surface area contributed by atoms with Gasteiger partial charge in [0.2, 0.25) is 0 Å². The third kappa shape index (κ3) is 6.62. The van der Waals surface area contributed by atoms with Gasteiger partial charge in [-0.3, -0.25) is 0 Å². The molecule has 1 aromatic rings. The predicted molar refractivity (Wildman–Crippen MR) is 175 cm³/mol. The lowest BCUT2D eigenvalue weighted by atomic mass is 9.59. The van der Waals surface area contributed by atoms with Gasteiger partial charge in [0.05, 0.1) is 10.6 Å². The highest BCUT2D eigenvalue weighted by molar-refractivity contribution is 14.1. The van der Waals surface area contributed by atoms with Gasteiger partial charge in [-0.2, -0.15) is 0 Å². The van der Waals surface area contributed by atoms with Crippen molar-refractivity contribution in [2.75, 3.05) is 10.2 Å². The molecule has 0 N–H and O–H groups in total. The first-order valence-electron chi connectivity index (χ1n) is 16.3. The largest absolute Gasteiger partial charge is 0.224 e. The summed E-state index contributed by atoms with van der Waals surface area (Å²) in [7, 11) is -3.14. The number of hydrogen-bond acceptors (Lipinski definition) is 2. The Morgan fingerprint density at radius 2 is 1.28 bits per heavy atom. The standard InChI is InChI=1S/C21H32O2S.C14H25I/c1-16-8-7-14-21(3)19(16)11-12-20(21)17(2)13-15-24(22,23)18-9-5-4-6-10-18;1-10-5-4-8-14(3)12(10)6-7-13(14)11(2)9-15/h4-6,9-10,16-17,19-20H,7-8,11-15H2,1-3H3;10-13H,4-9H2,1-3H3/t16-,17+,19-,20+,21-;10-,11+,12-,13+,14-/m00/s1. The zero-order chi connectivity index (χ0) is 28.4. The quantitative estimate of drug-likeness (QED) is 0.214. The van der Waals surface area contributed by atoms with Crippen LogP contribution >= 0.6 is 22.6 Å². The third-order valence-corrected chi connectivity index (χ3v) is 15.8. The van der Waals surface area contributed by atoms with E-state index in [2.05, 4.69) is 64.1 Å². The number of rotatable bonds is 7. The first-order valence-corrected chi connectivity index (χ1v) is 19.5. The Morgan fingerprint density at radius 1 is 0.795 bits per heavy atom. The number of sulfone groups is 1. The van der Waals surface area contributed by atoms with Crippen molar-refractivity contribution in [3.63, 3.8) is 0 Å². The lowest BCUT2D eigenvalue weighted by Gasteiger charge is -2.46. The van der Waals surface area contributed by atoms with Gasteiger partial charge in [0, 0.05) is 4.43 Å². The Balaban J connectivity index is 0.000000202. The highest BCUT2D eigenvalue weighted by Gasteiger charge is 2.52. The molecule has 10 atom stereocenters. The molecule has 39 heavy (non-hydrogen) atoms. The van der Waals surface area contributed by atoms with Crippen molar-refractivity contribution in [2.24, 2.45) is 58.2 Å². The molecule has 0 unspecified atom stereocenters. The molecule has 4 heteroatoms. The molecule has 1 aromatic carbocycles. The van der Waals surface area contributed by atoms with Crippen molar-refractivity contribution in [1.82, 2.24) is 0 Å². The zero-order valence-electron chi connectivity index (χ0n) is 25.8. The average Bonchev–Trinajstić information content (AvgIpc) is 3.46. The molecule has 0 aromatic heterocycles. The van der Waals surface area contributed by atoms with Crippen LogP contribution < -0.4 is 0 Å². The fraction of sp³-hybridized carbons (Fsp3) is 0.829. The van der Waals surface area contributed by atoms with Crippen molar-refractivity contribution >= 4 is 32.4 Å². The fourth-order valence-electron chi connectivity index (χ4n) is 10.5. The van der Waals surface area contributed by atoms with Crippen molar-refractivity contribution in [3.8, 4) is 0 Å². The highest BCUT2D eigenvalue weighted by Crippen LogP contribution is 2.60. The second-order valence-corrected chi connectivity index (χ2v) is 17.9. The van der Waals surface area contributed by atoms with Crippen molar-refractivity contribution in [2.45, 2.75) is 117 Å². The molecule has 2 nitrogen and oxygen atoms in total. The molecular weight excluding hydrogens is 611 g/mol. The van der Waals surface area contributed by atoms with Gasteiger partial charge < -0.3 is 0 Å². The Bertz CT molecular complexity index is 1020. The summed E-state index contributed by atoms with van der Waals surface area (Å²) in [5, 5.41) is 0. The summed E-state index contributed by atoms with van der Waals surface area (Å²) in [6, 6.07) is 8.92. The summed E-state index contributed by atoms with van der Waals surface area (Å²) in [5.74, 6) is 7.15. The third-order valence-electron chi connectivity index (χ3n) is 12.7. The number of benzene rings is 1. The van der Waals surface area contributed by atoms with E-state index in [-0.39, 0.29) is 5.75 Å². The summed E-state index contributed by atoms with van der Waals surface area (Å²) in [6.07, 6.45) is 15.0. The molecule has 4 aliphatic carbocycles. The van der Waals surface area contributed by atoms with Crippen LogP contribution in [0.3, 0.4) is 0 Å². The minimum absolute atomic E-state index is 0.283. The van der Waals surface area contributed by atoms with Crippen LogP contribution in [0.25, 0.3) is 0 Å². The normalized spacial score (nSPS) is 39.7. The first-order chi connectivity index (χ1) is 18.4. The maximum absolute atomic E-state index is 12.6. The summed E-state index contributed by atoms with van der Waals surface area (Å²) < 4.78 is 26.5. The predicted octanol–water partition coefficient (Wildman–Crippen LogP) is 10.2. The number of halogens is 1. The van der Waals surface area contributed by atoms with E-state index in [0.717, 1.165) is 41.9 Å². The van der Waals surface area contributed by atoms with Crippen molar-refractivity contribution in [3.05, 3.63) is 30.3 Å². The van der Waals surface area contributed by atoms with Crippen LogP contribution in [-0.4, -0.2) is 18.6 Å². The molecule has 4 saturated carbocycles. The first kappa shape index (κ1) is 31.8. The minimum Gasteiger partial charge on any atom is -0.224 e. The van der Waals surface area contributed by atoms with E-state index >= 15 is 0 Å². The van der Waals surface area contributed by atoms with E-state index < -0.39 is 9.84 Å². The van der Waals surface area contributed by atoms with Crippen LogP contribution in [0, 0.1) is 58.2 Å². The van der Waals surface area contributed by atoms with Gasteiger partial charge in [0.25, 0.3) is 0 Å². The fourth-order valence-corrected chi connectivity index (χ4v) is 12.6. The van der Waals surface area contributed by atoms with E-state index in [1.54, 1.807) is 12.1 Å². The van der Waals surface area contributed by atoms with E-state index in [9.17, 15) is 8.42 Å². The van der Waals surface area contributed by atoms with Crippen LogP contribution in [0.2, 0.25) is 0 Å². The molecular formula is C35H57IO2S. The van der Waals surface area contributed by atoms with Crippen LogP contribution in [-0.2, 0) is 9.84 Å². The minimum atomic E-state index is -3.14. The molecule has 0 radical (unpaired) electrons. The van der Waals surface area contributed by atoms with Crippen molar-refractivity contribution in [1.29, 1.82) is 0 Å². The summed E-state index contributed by atoms with van der Waals surface area (Å²) >= 11 is 2.58. The molecule has 0 heterocycles. The second kappa shape index (κ2) is 13.0. The zero-order valence-corrected chi connectivity index (χ0v) is 28.8. The number of alkyl halides is 1. The molecule has 0 bridgehead atoms. The Labute approximate surface area is 255 Å². The van der Waals surface area contributed by atoms with Gasteiger partial charge in [0.1, 0.15) is 0 Å². The van der Waals surface area contributed by atoms with E-state index in [0.29, 0.717) is 27.6 Å². The molecule has 0 amide bonds. The maximum Gasteiger partial charge on any atom is 0.178 e. The SMILES string of the molecule is C[C@H](CCS(=O)(=O)c1ccccc1)[C@H]1CC[C@H]2[C@@H](C)CCC[C@]12C.C[C@H](CI)[C@H]1CC[C@H]2[C@@H](C)CCC[C@]12C. The van der Waals surface area contributed by atoms with Gasteiger partial charge in [-0.15, -0.1) is 0 Å². The van der Waals surface area contributed by atoms with Crippen LogP contribution in [0.5, 0.6) is 0 Å². The molecule has 5 rings (SSSR count). The van der Waals surface area contributed by atoms with Gasteiger partial charge in [0.15, 0.2) is 9.84 Å². The van der Waals surface area contributed by atoms with Gasteiger partial charge in [-0.05, 0) is 115 Å². The molecule has 222 valence electrons. The maximum atomic E-state index is 12.6. The van der Waals surface area contributed by atoms with E-state index in [1.807, 2.05) is 18.2 Å². The summed E-state index contributed by atoms with van der Waals surface area (Å²) in [4.78, 5) is 0.471. The van der Waals surface area contributed by atoms with Crippen LogP contribution in [0.4, 0.5) is 0 Å². The Kier molecular flexibility index (Phi) is 10.6. The monoisotopic (exact) mass is 668 g/mol. The Morgan fingerprint density at radius 3 is 1.77 bits per heavy atom. The van der Waals surface area contributed by atoms with Gasteiger partial charge >= 0.3 is 0 Å². The molecule has 4 fully saturated rings. The van der Waals surface area contributed by atoms with Crippen LogP contribution in [0.15, 0.2) is 35.2 Å². The number of hydrogen-bond donors (Lipinski definition) is 0. The van der Waals surface area contributed by atoms with Crippen LogP contribution in [0.1, 0.15) is 112 Å². The average molecular weight is 669 g/mol. The lowest BCUT2D eigenvalue weighted by Crippen LogP contribution is -2.38. The number of fused-ring (bicyclic) bond motifs is 2. The topological polar surface area (TPSA) is 34.1 Å². The second-order valence-electron chi connectivity index (χ2n) is 14.9. The highest BCUT2D eigenvalue weighted by atomic mass is 127. The van der Waals surface area contributed by atoms with Gasteiger partial charge in [-0.25, -0.2) is 8.42 Å². The molecule has 0 saturated heterocycles. The smallest absolute Gasteiger partial charge is 0.178 e. The van der Waals surface area contributed by atoms with E-state index in [4.69, 9.17) is 0 Å². The molecule has 4 aliphatic rings. The van der Waals surface area contributed by atoms with E-state index in [1.165, 1.54) is 68.6 Å². The summed E-state index contributed by atoms with van der Waals surface area (Å²) in [6.45, 7) is 14.8. The molecule has 0 aliphatic heterocycles. The van der Waals surface area contributed by atoms with Crippen molar-refractivity contribution < 1.29 is 8.42 Å². The molecule has 0 spiro atoms. The Hall–Kier alpha value is -0.100. The lowest BCUT2D eigenvalue weighted by molar-refractivity contribution is 0.0363. The van der Waals surface area contributed by atoms with Gasteiger partial charge in [-0.1, -0.05) is 108 Å².